The summed E-state index contributed by atoms with van der Waals surface area (Å²) >= 11 is 0. The van der Waals surface area contributed by atoms with Crippen molar-refractivity contribution in [2.45, 2.75) is 65.2 Å². The molecule has 3 nitrogen and oxygen atoms in total. The second-order valence-electron chi connectivity index (χ2n) is 11.3. The summed E-state index contributed by atoms with van der Waals surface area (Å²) in [5.41, 5.74) is 11.6. The van der Waals surface area contributed by atoms with E-state index in [4.69, 9.17) is 0 Å². The first-order chi connectivity index (χ1) is 17.6. The lowest BCUT2D eigenvalue weighted by molar-refractivity contribution is 0.249. The van der Waals surface area contributed by atoms with Crippen LogP contribution < -0.4 is 5.32 Å². The Balaban J connectivity index is 1.46. The Labute approximate surface area is 225 Å². The Bertz CT molecular complexity index is 1160. The van der Waals surface area contributed by atoms with E-state index in [0.717, 1.165) is 62.3 Å². The van der Waals surface area contributed by atoms with Gasteiger partial charge in [-0.05, 0) is 78.8 Å². The second kappa shape index (κ2) is 12.8. The van der Waals surface area contributed by atoms with Gasteiger partial charge in [0.1, 0.15) is 5.84 Å². The number of allylic oxidation sites excluding steroid dienone is 2. The fourth-order valence-corrected chi connectivity index (χ4v) is 4.99. The number of aliphatic imine (C=N–C) groups is 1. The standard InChI is InChI=1S/C34H45N3/c1-9-11-30-24-25(2)14-19-32(30)36-33(35-8)13-10-12-26(3)37-22-20-29(21-23-37)27(4)28-15-17-31(18-16-28)34(5,6)7/h11,14-19,24,29H,1,3-4,10,12-13,20-23H2,2,5-8H3,(H,35,36). The minimum Gasteiger partial charge on any atom is -0.375 e. The van der Waals surface area contributed by atoms with Crippen LogP contribution in [0.1, 0.15) is 75.1 Å². The van der Waals surface area contributed by atoms with Gasteiger partial charge in [-0.1, -0.05) is 76.4 Å². The molecule has 1 heterocycles. The van der Waals surface area contributed by atoms with Crippen molar-refractivity contribution in [2.24, 2.45) is 10.9 Å². The van der Waals surface area contributed by atoms with Gasteiger partial charge >= 0.3 is 0 Å². The number of rotatable bonds is 9. The molecule has 0 spiro atoms. The lowest BCUT2D eigenvalue weighted by Gasteiger charge is -2.36. The van der Waals surface area contributed by atoms with Crippen LogP contribution >= 0.6 is 0 Å². The molecule has 2 aromatic rings. The second-order valence-corrected chi connectivity index (χ2v) is 11.3. The maximum atomic E-state index is 4.50. The number of hydrogen-bond acceptors (Lipinski definition) is 2. The zero-order valence-corrected chi connectivity index (χ0v) is 23.7. The lowest BCUT2D eigenvalue weighted by atomic mass is 9.83. The molecule has 1 aliphatic rings. The third-order valence-electron chi connectivity index (χ3n) is 7.45. The third-order valence-corrected chi connectivity index (χ3v) is 7.45. The molecule has 1 aliphatic heterocycles. The molecule has 1 N–H and O–H groups in total. The molecule has 3 heteroatoms. The van der Waals surface area contributed by atoms with Crippen molar-refractivity contribution in [2.75, 3.05) is 25.5 Å². The molecule has 0 amide bonds. The maximum absolute atomic E-state index is 4.50. The zero-order chi connectivity index (χ0) is 27.0. The normalized spacial score (nSPS) is 14.7. The number of anilines is 1. The number of piperidine rings is 1. The maximum Gasteiger partial charge on any atom is 0.100 e. The third kappa shape index (κ3) is 7.84. The number of amidine groups is 1. The monoisotopic (exact) mass is 495 g/mol. The fourth-order valence-electron chi connectivity index (χ4n) is 4.99. The lowest BCUT2D eigenvalue weighted by Crippen LogP contribution is -2.33. The van der Waals surface area contributed by atoms with E-state index in [1.807, 2.05) is 13.1 Å². The van der Waals surface area contributed by atoms with Crippen LogP contribution in [0.4, 0.5) is 5.69 Å². The van der Waals surface area contributed by atoms with E-state index >= 15 is 0 Å². The average molecular weight is 496 g/mol. The van der Waals surface area contributed by atoms with Crippen LogP contribution in [0.3, 0.4) is 0 Å². The molecular formula is C34H45N3. The summed E-state index contributed by atoms with van der Waals surface area (Å²) in [6, 6.07) is 15.4. The van der Waals surface area contributed by atoms with Crippen molar-refractivity contribution >= 4 is 23.2 Å². The Morgan fingerprint density at radius 2 is 1.76 bits per heavy atom. The van der Waals surface area contributed by atoms with Crippen molar-refractivity contribution in [1.82, 2.24) is 4.90 Å². The quantitative estimate of drug-likeness (QED) is 0.214. The Morgan fingerprint density at radius 3 is 2.35 bits per heavy atom. The SMILES string of the molecule is C=C=Cc1cc(C)ccc1NC(CCCC(=C)N1CCC(C(=C)c2ccc(C(C)(C)C)cc2)CC1)=NC. The molecule has 1 fully saturated rings. The number of likely N-dealkylation sites (tertiary alicyclic amines) is 1. The van der Waals surface area contributed by atoms with Crippen molar-refractivity contribution in [3.8, 4) is 0 Å². The highest BCUT2D eigenvalue weighted by Gasteiger charge is 2.23. The van der Waals surface area contributed by atoms with E-state index in [-0.39, 0.29) is 5.41 Å². The summed E-state index contributed by atoms with van der Waals surface area (Å²) in [6.45, 7) is 23.6. The van der Waals surface area contributed by atoms with Gasteiger partial charge in [0.2, 0.25) is 0 Å². The van der Waals surface area contributed by atoms with E-state index in [2.05, 4.69) is 111 Å². The van der Waals surface area contributed by atoms with Gasteiger partial charge in [-0.3, -0.25) is 4.99 Å². The van der Waals surface area contributed by atoms with E-state index in [9.17, 15) is 0 Å². The molecule has 0 bridgehead atoms. The Hall–Kier alpha value is -3.29. The van der Waals surface area contributed by atoms with E-state index in [1.165, 1.54) is 28.0 Å². The van der Waals surface area contributed by atoms with Crippen molar-refractivity contribution in [3.63, 3.8) is 0 Å². The van der Waals surface area contributed by atoms with Crippen LogP contribution in [0.25, 0.3) is 11.6 Å². The smallest absolute Gasteiger partial charge is 0.100 e. The van der Waals surface area contributed by atoms with Crippen LogP contribution in [0, 0.1) is 12.8 Å². The number of nitrogens with zero attached hydrogens (tertiary/aromatic N) is 2. The molecule has 37 heavy (non-hydrogen) atoms. The van der Waals surface area contributed by atoms with E-state index in [0.29, 0.717) is 5.92 Å². The molecule has 196 valence electrons. The topological polar surface area (TPSA) is 27.6 Å². The zero-order valence-electron chi connectivity index (χ0n) is 23.7. The predicted octanol–water partition coefficient (Wildman–Crippen LogP) is 8.64. The first-order valence-electron chi connectivity index (χ1n) is 13.5. The Morgan fingerprint density at radius 1 is 1.08 bits per heavy atom. The first kappa shape index (κ1) is 28.3. The fraction of sp³-hybridized carbons (Fsp3) is 0.412. The van der Waals surface area contributed by atoms with Crippen LogP contribution in [0.2, 0.25) is 0 Å². The molecule has 0 aliphatic carbocycles. The molecule has 0 saturated carbocycles. The number of benzene rings is 2. The number of nitrogens with one attached hydrogen (secondary N) is 1. The molecule has 1 saturated heterocycles. The summed E-state index contributed by atoms with van der Waals surface area (Å²) < 4.78 is 0. The van der Waals surface area contributed by atoms with Crippen LogP contribution in [-0.4, -0.2) is 30.9 Å². The van der Waals surface area contributed by atoms with Crippen LogP contribution in [-0.2, 0) is 5.41 Å². The van der Waals surface area contributed by atoms with Gasteiger partial charge in [0.25, 0.3) is 0 Å². The molecule has 2 aromatic carbocycles. The molecule has 0 unspecified atom stereocenters. The summed E-state index contributed by atoms with van der Waals surface area (Å²) in [5, 5.41) is 3.51. The highest BCUT2D eigenvalue weighted by atomic mass is 15.1. The average Bonchev–Trinajstić information content (AvgIpc) is 2.88. The largest absolute Gasteiger partial charge is 0.375 e. The number of hydrogen-bond donors (Lipinski definition) is 1. The van der Waals surface area contributed by atoms with Gasteiger partial charge in [-0.25, -0.2) is 0 Å². The first-order valence-corrected chi connectivity index (χ1v) is 13.5. The van der Waals surface area contributed by atoms with Gasteiger partial charge < -0.3 is 10.2 Å². The highest BCUT2D eigenvalue weighted by molar-refractivity contribution is 5.97. The van der Waals surface area contributed by atoms with E-state index < -0.39 is 0 Å². The molecule has 0 aromatic heterocycles. The van der Waals surface area contributed by atoms with Crippen molar-refractivity contribution in [1.29, 1.82) is 0 Å². The van der Waals surface area contributed by atoms with Gasteiger partial charge in [0, 0.05) is 43.5 Å². The summed E-state index contributed by atoms with van der Waals surface area (Å²) in [4.78, 5) is 6.96. The van der Waals surface area contributed by atoms with Crippen LogP contribution in [0.5, 0.6) is 0 Å². The van der Waals surface area contributed by atoms with Gasteiger partial charge in [-0.2, -0.15) is 0 Å². The van der Waals surface area contributed by atoms with E-state index in [1.54, 1.807) is 0 Å². The summed E-state index contributed by atoms with van der Waals surface area (Å²) in [5.74, 6) is 1.53. The predicted molar refractivity (Wildman–Crippen MR) is 163 cm³/mol. The summed E-state index contributed by atoms with van der Waals surface area (Å²) in [6.07, 6.45) is 7.06. The van der Waals surface area contributed by atoms with Crippen molar-refractivity contribution < 1.29 is 0 Å². The highest BCUT2D eigenvalue weighted by Crippen LogP contribution is 2.33. The number of aryl methyl sites for hydroxylation is 1. The van der Waals surface area contributed by atoms with Gasteiger partial charge in [0.05, 0.1) is 0 Å². The van der Waals surface area contributed by atoms with Crippen LogP contribution in [0.15, 0.2) is 78.6 Å². The molecule has 0 radical (unpaired) electrons. The minimum atomic E-state index is 0.178. The Kier molecular flexibility index (Phi) is 9.78. The molecule has 3 rings (SSSR count). The summed E-state index contributed by atoms with van der Waals surface area (Å²) in [7, 11) is 1.85. The van der Waals surface area contributed by atoms with Crippen molar-refractivity contribution in [3.05, 3.63) is 95.9 Å². The minimum absolute atomic E-state index is 0.178. The molecular weight excluding hydrogens is 450 g/mol. The molecule has 0 atom stereocenters. The van der Waals surface area contributed by atoms with Gasteiger partial charge in [0.15, 0.2) is 0 Å². The van der Waals surface area contributed by atoms with Gasteiger partial charge in [-0.15, -0.1) is 5.73 Å².